The molecule has 33 heavy (non-hydrogen) atoms. The first-order valence-corrected chi connectivity index (χ1v) is 12.3. The molecule has 3 rings (SSSR count). The van der Waals surface area contributed by atoms with Gasteiger partial charge in [-0.3, -0.25) is 19.2 Å². The minimum absolute atomic E-state index is 0.0500. The SMILES string of the molecule is COC(=O)[C@]1(C)CCC[C@@]2(C)[C@H]1CC[C@H]1[C@H](OC(C)=O)[C@@](C)(CC(=O)COC(C)=O)CC[C@@H]12. The summed E-state index contributed by atoms with van der Waals surface area (Å²) in [6.45, 7) is 8.86. The summed E-state index contributed by atoms with van der Waals surface area (Å²) < 4.78 is 16.1. The molecule has 7 nitrogen and oxygen atoms in total. The van der Waals surface area contributed by atoms with Gasteiger partial charge in [-0.1, -0.05) is 20.3 Å². The zero-order valence-electron chi connectivity index (χ0n) is 21.0. The van der Waals surface area contributed by atoms with E-state index in [1.165, 1.54) is 21.0 Å². The summed E-state index contributed by atoms with van der Waals surface area (Å²) >= 11 is 0. The first kappa shape index (κ1) is 25.7. The summed E-state index contributed by atoms with van der Waals surface area (Å²) in [5.74, 6) is -0.429. The molecule has 0 aromatic rings. The van der Waals surface area contributed by atoms with Crippen molar-refractivity contribution < 1.29 is 33.4 Å². The van der Waals surface area contributed by atoms with E-state index in [0.717, 1.165) is 44.9 Å². The molecule has 7 heteroatoms. The standard InChI is InChI=1S/C26H40O7/c1-16(27)32-15-18(29)14-24(3)13-10-20-19(22(24)33-17(2)28)8-9-21-25(20,4)11-7-12-26(21,5)23(30)31-6/h19-22H,7-15H2,1-6H3/t19-,20+,21-,22+,24-,25-,26-/m1/s1. The maximum Gasteiger partial charge on any atom is 0.311 e. The van der Waals surface area contributed by atoms with Crippen molar-refractivity contribution in [1.29, 1.82) is 0 Å². The van der Waals surface area contributed by atoms with Crippen LogP contribution in [0.3, 0.4) is 0 Å². The highest BCUT2D eigenvalue weighted by molar-refractivity contribution is 5.82. The molecule has 7 atom stereocenters. The van der Waals surface area contributed by atoms with Crippen LogP contribution in [-0.4, -0.2) is 43.5 Å². The molecule has 0 saturated heterocycles. The second kappa shape index (κ2) is 9.38. The Kier molecular flexibility index (Phi) is 7.30. The number of ketones is 1. The zero-order valence-corrected chi connectivity index (χ0v) is 21.0. The molecule has 3 aliphatic carbocycles. The lowest BCUT2D eigenvalue weighted by atomic mass is 9.42. The number of hydrogen-bond acceptors (Lipinski definition) is 7. The number of rotatable bonds is 6. The zero-order chi connectivity index (χ0) is 24.6. The Bertz CT molecular complexity index is 806. The third-order valence-electron chi connectivity index (χ3n) is 9.21. The van der Waals surface area contributed by atoms with Crippen LogP contribution < -0.4 is 0 Å². The quantitative estimate of drug-likeness (QED) is 0.428. The molecule has 0 heterocycles. The van der Waals surface area contributed by atoms with E-state index in [1.54, 1.807) is 0 Å². The average molecular weight is 465 g/mol. The van der Waals surface area contributed by atoms with Crippen LogP contribution in [0.1, 0.15) is 86.0 Å². The molecule has 3 saturated carbocycles. The molecule has 0 bridgehead atoms. The number of carbonyl (C=O) groups is 4. The Morgan fingerprint density at radius 3 is 2.21 bits per heavy atom. The number of carbonyl (C=O) groups excluding carboxylic acids is 4. The third-order valence-corrected chi connectivity index (χ3v) is 9.21. The number of fused-ring (bicyclic) bond motifs is 3. The highest BCUT2D eigenvalue weighted by Crippen LogP contribution is 2.66. The van der Waals surface area contributed by atoms with Crippen molar-refractivity contribution in [3.05, 3.63) is 0 Å². The molecule has 0 unspecified atom stereocenters. The summed E-state index contributed by atoms with van der Waals surface area (Å²) in [5, 5.41) is 0. The van der Waals surface area contributed by atoms with Gasteiger partial charge >= 0.3 is 17.9 Å². The molecule has 0 aromatic heterocycles. The smallest absolute Gasteiger partial charge is 0.311 e. The van der Waals surface area contributed by atoms with Crippen LogP contribution in [0.5, 0.6) is 0 Å². The number of ether oxygens (including phenoxy) is 3. The second-order valence-corrected chi connectivity index (χ2v) is 11.4. The Morgan fingerprint density at radius 1 is 0.909 bits per heavy atom. The van der Waals surface area contributed by atoms with Crippen molar-refractivity contribution in [3.8, 4) is 0 Å². The summed E-state index contributed by atoms with van der Waals surface area (Å²) in [7, 11) is 1.47. The summed E-state index contributed by atoms with van der Waals surface area (Å²) in [6, 6.07) is 0. The first-order chi connectivity index (χ1) is 15.4. The van der Waals surface area contributed by atoms with Gasteiger partial charge in [0.1, 0.15) is 12.7 Å². The lowest BCUT2D eigenvalue weighted by Crippen LogP contribution is -2.60. The van der Waals surface area contributed by atoms with Crippen molar-refractivity contribution in [2.24, 2.45) is 34.0 Å². The molecule has 0 N–H and O–H groups in total. The van der Waals surface area contributed by atoms with Crippen molar-refractivity contribution >= 4 is 23.7 Å². The molecule has 0 aliphatic heterocycles. The fourth-order valence-corrected chi connectivity index (χ4v) is 7.86. The Labute approximate surface area is 197 Å². The molecule has 0 amide bonds. The van der Waals surface area contributed by atoms with Gasteiger partial charge in [-0.25, -0.2) is 0 Å². The Hall–Kier alpha value is -1.92. The highest BCUT2D eigenvalue weighted by Gasteiger charge is 2.63. The number of methoxy groups -OCH3 is 1. The van der Waals surface area contributed by atoms with Crippen LogP contribution in [0.4, 0.5) is 0 Å². The molecule has 3 aliphatic rings. The predicted octanol–water partition coefficient (Wildman–Crippen LogP) is 4.25. The molecule has 0 spiro atoms. The fraction of sp³-hybridized carbons (Fsp3) is 0.846. The van der Waals surface area contributed by atoms with Crippen LogP contribution in [0.15, 0.2) is 0 Å². The Morgan fingerprint density at radius 2 is 1.61 bits per heavy atom. The van der Waals surface area contributed by atoms with Gasteiger partial charge in [0.15, 0.2) is 5.78 Å². The fourth-order valence-electron chi connectivity index (χ4n) is 7.86. The van der Waals surface area contributed by atoms with E-state index < -0.39 is 16.8 Å². The van der Waals surface area contributed by atoms with Crippen molar-refractivity contribution in [3.63, 3.8) is 0 Å². The van der Waals surface area contributed by atoms with Gasteiger partial charge in [-0.05, 0) is 68.6 Å². The lowest BCUT2D eigenvalue weighted by molar-refractivity contribution is -0.202. The van der Waals surface area contributed by atoms with E-state index in [1.807, 2.05) is 6.92 Å². The van der Waals surface area contributed by atoms with Gasteiger partial charge in [0.05, 0.1) is 12.5 Å². The summed E-state index contributed by atoms with van der Waals surface area (Å²) in [6.07, 6.45) is 6.08. The topological polar surface area (TPSA) is 96.0 Å². The Balaban J connectivity index is 1.89. The predicted molar refractivity (Wildman–Crippen MR) is 121 cm³/mol. The van der Waals surface area contributed by atoms with E-state index in [4.69, 9.17) is 14.2 Å². The minimum atomic E-state index is -0.506. The molecular formula is C26H40O7. The molecule has 186 valence electrons. The minimum Gasteiger partial charge on any atom is -0.469 e. The van der Waals surface area contributed by atoms with E-state index in [2.05, 4.69) is 13.8 Å². The summed E-state index contributed by atoms with van der Waals surface area (Å²) in [5.41, 5.74) is -1.05. The van der Waals surface area contributed by atoms with Gasteiger partial charge in [-0.2, -0.15) is 0 Å². The average Bonchev–Trinajstić information content (AvgIpc) is 2.73. The molecule has 3 fully saturated rings. The third kappa shape index (κ3) is 4.69. The van der Waals surface area contributed by atoms with Crippen LogP contribution >= 0.6 is 0 Å². The van der Waals surface area contributed by atoms with E-state index in [0.29, 0.717) is 5.92 Å². The maximum atomic E-state index is 12.8. The van der Waals surface area contributed by atoms with Crippen LogP contribution in [0.25, 0.3) is 0 Å². The lowest BCUT2D eigenvalue weighted by Gasteiger charge is -2.63. The second-order valence-electron chi connectivity index (χ2n) is 11.4. The first-order valence-electron chi connectivity index (χ1n) is 12.3. The monoisotopic (exact) mass is 464 g/mol. The number of hydrogen-bond donors (Lipinski definition) is 0. The van der Waals surface area contributed by atoms with Crippen LogP contribution in [-0.2, 0) is 33.4 Å². The normalized spacial score (nSPS) is 40.1. The molecule has 0 aromatic carbocycles. The largest absolute Gasteiger partial charge is 0.469 e. The van der Waals surface area contributed by atoms with Crippen molar-refractivity contribution in [1.82, 2.24) is 0 Å². The molecular weight excluding hydrogens is 424 g/mol. The van der Waals surface area contributed by atoms with E-state index >= 15 is 0 Å². The number of esters is 3. The van der Waals surface area contributed by atoms with Gasteiger partial charge < -0.3 is 14.2 Å². The van der Waals surface area contributed by atoms with Gasteiger partial charge in [0, 0.05) is 25.7 Å². The van der Waals surface area contributed by atoms with Gasteiger partial charge in [-0.15, -0.1) is 0 Å². The van der Waals surface area contributed by atoms with Crippen LogP contribution in [0, 0.1) is 34.0 Å². The van der Waals surface area contributed by atoms with E-state index in [9.17, 15) is 19.2 Å². The van der Waals surface area contributed by atoms with E-state index in [-0.39, 0.29) is 54.1 Å². The maximum absolute atomic E-state index is 12.8. The van der Waals surface area contributed by atoms with Crippen molar-refractivity contribution in [2.45, 2.75) is 92.1 Å². The van der Waals surface area contributed by atoms with Gasteiger partial charge in [0.2, 0.25) is 0 Å². The van der Waals surface area contributed by atoms with Crippen LogP contribution in [0.2, 0.25) is 0 Å². The molecule has 0 radical (unpaired) electrons. The highest BCUT2D eigenvalue weighted by atomic mass is 16.5. The summed E-state index contributed by atoms with van der Waals surface area (Å²) in [4.78, 5) is 48.7. The van der Waals surface area contributed by atoms with Crippen molar-refractivity contribution in [2.75, 3.05) is 13.7 Å². The number of Topliss-reactive ketones (excluding diaryl/α,β-unsaturated/α-hetero) is 1. The van der Waals surface area contributed by atoms with Gasteiger partial charge in [0.25, 0.3) is 0 Å².